The van der Waals surface area contributed by atoms with E-state index in [9.17, 15) is 9.59 Å². The number of carbonyl (C=O) groups is 2. The van der Waals surface area contributed by atoms with Crippen molar-refractivity contribution in [2.45, 2.75) is 115 Å². The van der Waals surface area contributed by atoms with E-state index in [2.05, 4.69) is 80.0 Å². The third-order valence-corrected chi connectivity index (χ3v) is 15.3. The second-order valence-corrected chi connectivity index (χ2v) is 18.3. The highest BCUT2D eigenvalue weighted by atomic mass is 28.4. The number of benzene rings is 1. The van der Waals surface area contributed by atoms with Gasteiger partial charge >= 0.3 is 11.9 Å². The lowest BCUT2D eigenvalue weighted by Crippen LogP contribution is -2.50. The molecular weight excluding hydrogens is 578 g/mol. The lowest BCUT2D eigenvalue weighted by Gasteiger charge is -2.42. The highest BCUT2D eigenvalue weighted by Gasteiger charge is 2.53. The van der Waals surface area contributed by atoms with Crippen LogP contribution in [0.5, 0.6) is 0 Å². The number of nitrogens with zero attached hydrogens (tertiary/aromatic N) is 4. The van der Waals surface area contributed by atoms with Gasteiger partial charge in [0.25, 0.3) is 0 Å². The van der Waals surface area contributed by atoms with E-state index >= 15 is 0 Å². The van der Waals surface area contributed by atoms with E-state index in [1.54, 1.807) is 10.9 Å². The predicted octanol–water partition coefficient (Wildman–Crippen LogP) is 5.88. The molecule has 1 aliphatic carbocycles. The number of nitrogens with one attached hydrogen (secondary N) is 1. The average Bonchev–Trinajstić information content (AvgIpc) is 3.65. The first kappa shape index (κ1) is 32.1. The van der Waals surface area contributed by atoms with Crippen LogP contribution in [0.2, 0.25) is 16.6 Å². The Morgan fingerprint density at radius 3 is 2.30 bits per heavy atom. The number of carbonyl (C=O) groups excluding carboxylic acids is 2. The van der Waals surface area contributed by atoms with Crippen molar-refractivity contribution in [2.75, 3.05) is 11.9 Å². The minimum Gasteiger partial charge on any atom is -0.456 e. The molecule has 1 fully saturated rings. The zero-order valence-electron chi connectivity index (χ0n) is 26.9. The summed E-state index contributed by atoms with van der Waals surface area (Å²) in [6.07, 6.45) is 1.68. The number of aromatic nitrogens is 4. The molecule has 11 nitrogen and oxygen atoms in total. The number of ether oxygens (including phenoxy) is 3. The summed E-state index contributed by atoms with van der Waals surface area (Å²) in [5, 5.41) is 3.56. The Bertz CT molecular complexity index is 1470. The SMILES string of the molecule is CC(=O)OC1[C@@H](CO[Si](C(C)C)(C(C)C)C(C)C)O[C@@H](n2cnc3c(N[C@H]4CCc5ccccc54)ncnc32)[C@H]1OC(C)=O. The number of hydrogen-bond acceptors (Lipinski definition) is 10. The molecule has 1 saturated heterocycles. The molecule has 1 unspecified atom stereocenters. The van der Waals surface area contributed by atoms with Gasteiger partial charge in [0.1, 0.15) is 12.4 Å². The van der Waals surface area contributed by atoms with Crippen molar-refractivity contribution in [1.82, 2.24) is 19.5 Å². The molecule has 0 amide bonds. The minimum absolute atomic E-state index is 0.105. The number of hydrogen-bond donors (Lipinski definition) is 1. The maximum Gasteiger partial charge on any atom is 0.303 e. The zero-order chi connectivity index (χ0) is 31.8. The molecule has 12 heteroatoms. The maximum atomic E-state index is 12.3. The summed E-state index contributed by atoms with van der Waals surface area (Å²) in [5.74, 6) is -0.406. The lowest BCUT2D eigenvalue weighted by atomic mass is 10.1. The van der Waals surface area contributed by atoms with Gasteiger partial charge in [0.15, 0.2) is 43.7 Å². The fraction of sp³-hybridized carbons (Fsp3) is 0.594. The Morgan fingerprint density at radius 2 is 1.64 bits per heavy atom. The summed E-state index contributed by atoms with van der Waals surface area (Å²) in [5.41, 5.74) is 4.71. The predicted molar refractivity (Wildman–Crippen MR) is 168 cm³/mol. The van der Waals surface area contributed by atoms with Gasteiger partial charge in [-0.25, -0.2) is 15.0 Å². The molecular formula is C32H45N5O6Si. The van der Waals surface area contributed by atoms with Crippen LogP contribution in [0.25, 0.3) is 11.2 Å². The highest BCUT2D eigenvalue weighted by Crippen LogP contribution is 2.44. The van der Waals surface area contributed by atoms with Crippen LogP contribution >= 0.6 is 0 Å². The van der Waals surface area contributed by atoms with E-state index in [1.165, 1.54) is 31.3 Å². The standard InChI is InChI=1S/C32H45N5O6Si/c1-18(2)44(19(3)4,20(5)6)40-15-26-28(41-21(7)38)29(42-22(8)39)32(43-26)37-17-35-27-30(33-16-34-31(27)37)36-25-14-13-23-11-9-10-12-24(23)25/h9-12,16-20,25-26,28-29,32H,13-15H2,1-8H3,(H,33,34,36)/t25-,26+,28?,29-,32+/m0/s1. The highest BCUT2D eigenvalue weighted by molar-refractivity contribution is 6.77. The summed E-state index contributed by atoms with van der Waals surface area (Å²) in [6, 6.07) is 8.51. The van der Waals surface area contributed by atoms with Crippen LogP contribution in [0, 0.1) is 0 Å². The van der Waals surface area contributed by atoms with Gasteiger partial charge < -0.3 is 24.0 Å². The van der Waals surface area contributed by atoms with Crippen LogP contribution in [-0.2, 0) is 34.6 Å². The van der Waals surface area contributed by atoms with Crippen LogP contribution in [0.3, 0.4) is 0 Å². The Balaban J connectivity index is 1.48. The van der Waals surface area contributed by atoms with Crippen LogP contribution in [0.4, 0.5) is 5.82 Å². The van der Waals surface area contributed by atoms with Crippen LogP contribution in [0.15, 0.2) is 36.9 Å². The lowest BCUT2D eigenvalue weighted by molar-refractivity contribution is -0.165. The van der Waals surface area contributed by atoms with Crippen molar-refractivity contribution >= 4 is 37.2 Å². The van der Waals surface area contributed by atoms with Gasteiger partial charge in [-0.05, 0) is 40.6 Å². The molecule has 2 aliphatic rings. The third-order valence-electron chi connectivity index (χ3n) is 9.17. The molecule has 2 aromatic heterocycles. The summed E-state index contributed by atoms with van der Waals surface area (Å²) in [4.78, 5) is 38.4. The molecule has 0 radical (unpaired) electrons. The van der Waals surface area contributed by atoms with Crippen molar-refractivity contribution in [3.05, 3.63) is 48.0 Å². The van der Waals surface area contributed by atoms with Crippen LogP contribution in [-0.4, -0.2) is 64.7 Å². The van der Waals surface area contributed by atoms with Gasteiger partial charge in [0.05, 0.1) is 19.0 Å². The number of fused-ring (bicyclic) bond motifs is 2. The number of esters is 2. The first-order chi connectivity index (χ1) is 20.9. The summed E-state index contributed by atoms with van der Waals surface area (Å²) >= 11 is 0. The largest absolute Gasteiger partial charge is 0.456 e. The zero-order valence-corrected chi connectivity index (χ0v) is 27.9. The van der Waals surface area contributed by atoms with E-state index in [0.29, 0.717) is 33.6 Å². The molecule has 0 spiro atoms. The molecule has 1 aromatic carbocycles. The van der Waals surface area contributed by atoms with Crippen LogP contribution < -0.4 is 5.32 Å². The Morgan fingerprint density at radius 1 is 0.977 bits per heavy atom. The van der Waals surface area contributed by atoms with Gasteiger partial charge in [-0.3, -0.25) is 14.2 Å². The molecule has 44 heavy (non-hydrogen) atoms. The number of anilines is 1. The quantitative estimate of drug-likeness (QED) is 0.204. The number of aryl methyl sites for hydroxylation is 1. The van der Waals surface area contributed by atoms with Crippen molar-refractivity contribution in [3.63, 3.8) is 0 Å². The molecule has 0 saturated carbocycles. The molecule has 238 valence electrons. The summed E-state index contributed by atoms with van der Waals surface area (Å²) in [6.45, 7) is 16.1. The molecule has 5 atom stereocenters. The third kappa shape index (κ3) is 5.99. The Labute approximate surface area is 260 Å². The molecule has 1 N–H and O–H groups in total. The number of rotatable bonds is 11. The van der Waals surface area contributed by atoms with Crippen LogP contribution in [0.1, 0.15) is 85.2 Å². The van der Waals surface area contributed by atoms with E-state index in [4.69, 9.17) is 18.6 Å². The Kier molecular flexibility index (Phi) is 9.43. The monoisotopic (exact) mass is 623 g/mol. The van der Waals surface area contributed by atoms with E-state index in [-0.39, 0.29) is 12.6 Å². The second kappa shape index (κ2) is 12.9. The van der Waals surface area contributed by atoms with Gasteiger partial charge in [-0.15, -0.1) is 0 Å². The van der Waals surface area contributed by atoms with Crippen molar-refractivity contribution < 1.29 is 28.2 Å². The van der Waals surface area contributed by atoms with Crippen molar-refractivity contribution in [2.24, 2.45) is 0 Å². The fourth-order valence-electron chi connectivity index (χ4n) is 7.46. The maximum absolute atomic E-state index is 12.3. The topological polar surface area (TPSA) is 127 Å². The van der Waals surface area contributed by atoms with E-state index in [1.807, 2.05) is 6.07 Å². The first-order valence-electron chi connectivity index (χ1n) is 15.6. The van der Waals surface area contributed by atoms with Gasteiger partial charge in [-0.2, -0.15) is 0 Å². The average molecular weight is 624 g/mol. The van der Waals surface area contributed by atoms with Gasteiger partial charge in [0, 0.05) is 13.8 Å². The van der Waals surface area contributed by atoms with Crippen molar-refractivity contribution in [3.8, 4) is 0 Å². The molecule has 1 aliphatic heterocycles. The molecule has 0 bridgehead atoms. The van der Waals surface area contributed by atoms with Gasteiger partial charge in [0.2, 0.25) is 0 Å². The summed E-state index contributed by atoms with van der Waals surface area (Å²) in [7, 11) is -2.28. The molecule has 3 heterocycles. The second-order valence-electron chi connectivity index (χ2n) is 12.8. The van der Waals surface area contributed by atoms with E-state index < -0.39 is 44.8 Å². The molecule has 3 aromatic rings. The molecule has 5 rings (SSSR count). The number of imidazole rings is 1. The van der Waals surface area contributed by atoms with Crippen molar-refractivity contribution in [1.29, 1.82) is 0 Å². The smallest absolute Gasteiger partial charge is 0.303 e. The summed E-state index contributed by atoms with van der Waals surface area (Å²) < 4.78 is 26.8. The Hall–Kier alpha value is -3.35. The minimum atomic E-state index is -2.28. The fourth-order valence-corrected chi connectivity index (χ4v) is 12.9. The van der Waals surface area contributed by atoms with Gasteiger partial charge in [-0.1, -0.05) is 65.8 Å². The first-order valence-corrected chi connectivity index (χ1v) is 17.7. The van der Waals surface area contributed by atoms with E-state index in [0.717, 1.165) is 12.8 Å². The normalized spacial score (nSPS) is 23.5.